The molecule has 0 saturated heterocycles. The van der Waals surface area contributed by atoms with Crippen molar-refractivity contribution in [1.82, 2.24) is 14.9 Å². The summed E-state index contributed by atoms with van der Waals surface area (Å²) in [6.07, 6.45) is -4.21. The first kappa shape index (κ1) is 16.7. The second-order valence-corrected chi connectivity index (χ2v) is 6.97. The summed E-state index contributed by atoms with van der Waals surface area (Å²) in [4.78, 5) is 22.3. The average Bonchev–Trinajstić information content (AvgIpc) is 3.15. The van der Waals surface area contributed by atoms with Crippen LogP contribution in [-0.4, -0.2) is 33.7 Å². The van der Waals surface area contributed by atoms with E-state index >= 15 is 0 Å². The topological polar surface area (TPSA) is 84.2 Å². The van der Waals surface area contributed by atoms with E-state index in [0.717, 1.165) is 10.6 Å². The Labute approximate surface area is 149 Å². The highest BCUT2D eigenvalue weighted by atomic mass is 32.1. The highest BCUT2D eigenvalue weighted by molar-refractivity contribution is 7.15. The normalized spacial score (nSPS) is 14.5. The van der Waals surface area contributed by atoms with Crippen LogP contribution in [0.1, 0.15) is 21.1 Å². The minimum Gasteiger partial charge on any atom is -0.404 e. The number of halogens is 3. The van der Waals surface area contributed by atoms with E-state index in [1.807, 2.05) is 0 Å². The second-order valence-electron chi connectivity index (χ2n) is 5.85. The van der Waals surface area contributed by atoms with Gasteiger partial charge in [0.2, 0.25) is 0 Å². The van der Waals surface area contributed by atoms with Crippen LogP contribution in [-0.2, 0) is 13.0 Å². The predicted molar refractivity (Wildman–Crippen MR) is 90.0 cm³/mol. The number of fused-ring (bicyclic) bond motifs is 2. The molecule has 10 heteroatoms. The molecule has 1 aliphatic heterocycles. The van der Waals surface area contributed by atoms with Gasteiger partial charge < -0.3 is 20.4 Å². The number of nitrogen functional groups attached to an aromatic ring is 1. The van der Waals surface area contributed by atoms with Crippen LogP contribution in [0.2, 0.25) is 0 Å². The Bertz CT molecular complexity index is 995. The van der Waals surface area contributed by atoms with Crippen LogP contribution < -0.4 is 10.5 Å². The number of nitrogens with one attached hydrogen (secondary N) is 1. The maximum atomic E-state index is 12.8. The number of H-pyrrole nitrogens is 1. The predicted octanol–water partition coefficient (Wildman–Crippen LogP) is 3.30. The summed E-state index contributed by atoms with van der Waals surface area (Å²) < 4.78 is 41.7. The molecule has 0 bridgehead atoms. The molecule has 0 spiro atoms. The lowest BCUT2D eigenvalue weighted by Gasteiger charge is -2.25. The molecular weight excluding hydrogens is 369 g/mol. The van der Waals surface area contributed by atoms with E-state index in [-0.39, 0.29) is 22.9 Å². The minimum absolute atomic E-state index is 0.132. The Morgan fingerprint density at radius 1 is 1.38 bits per heavy atom. The van der Waals surface area contributed by atoms with Gasteiger partial charge in [-0.2, -0.15) is 0 Å². The summed E-state index contributed by atoms with van der Waals surface area (Å²) in [5.74, 6) is -0.665. The van der Waals surface area contributed by atoms with Crippen molar-refractivity contribution in [3.8, 4) is 5.75 Å². The van der Waals surface area contributed by atoms with Crippen LogP contribution in [0.25, 0.3) is 10.9 Å². The van der Waals surface area contributed by atoms with Gasteiger partial charge >= 0.3 is 6.36 Å². The van der Waals surface area contributed by atoms with Gasteiger partial charge in [0.1, 0.15) is 5.69 Å². The summed E-state index contributed by atoms with van der Waals surface area (Å²) in [5, 5.41) is 0.929. The molecule has 3 N–H and O–H groups in total. The number of aromatic amines is 1. The zero-order chi connectivity index (χ0) is 18.5. The third-order valence-corrected chi connectivity index (χ3v) is 5.02. The fourth-order valence-corrected chi connectivity index (χ4v) is 3.91. The van der Waals surface area contributed by atoms with Crippen LogP contribution in [0.4, 0.5) is 18.3 Å². The molecule has 2 aromatic heterocycles. The van der Waals surface area contributed by atoms with Crippen molar-refractivity contribution in [2.75, 3.05) is 12.3 Å². The van der Waals surface area contributed by atoms with Gasteiger partial charge in [0.15, 0.2) is 10.9 Å². The van der Waals surface area contributed by atoms with Crippen molar-refractivity contribution in [3.63, 3.8) is 0 Å². The molecular formula is C16H13F3N4O2S. The lowest BCUT2D eigenvalue weighted by atomic mass is 10.1. The molecule has 4 rings (SSSR count). The van der Waals surface area contributed by atoms with E-state index in [4.69, 9.17) is 5.73 Å². The monoisotopic (exact) mass is 382 g/mol. The minimum atomic E-state index is -4.81. The van der Waals surface area contributed by atoms with E-state index in [2.05, 4.69) is 14.7 Å². The molecule has 0 fully saturated rings. The van der Waals surface area contributed by atoms with Gasteiger partial charge in [-0.1, -0.05) is 12.1 Å². The fourth-order valence-electron chi connectivity index (χ4n) is 3.01. The zero-order valence-corrected chi connectivity index (χ0v) is 14.1. The number of ether oxygens (including phenoxy) is 1. The number of carbonyl (C=O) groups is 1. The number of nitrogens with zero attached hydrogens (tertiary/aromatic N) is 2. The summed E-state index contributed by atoms with van der Waals surface area (Å²) in [5.41, 5.74) is 6.94. The average molecular weight is 382 g/mol. The van der Waals surface area contributed by atoms with E-state index in [9.17, 15) is 18.0 Å². The van der Waals surface area contributed by atoms with Crippen molar-refractivity contribution < 1.29 is 22.7 Å². The molecule has 1 amide bonds. The molecule has 0 radical (unpaired) electrons. The third-order valence-electron chi connectivity index (χ3n) is 4.11. The van der Waals surface area contributed by atoms with E-state index < -0.39 is 6.36 Å². The molecule has 0 unspecified atom stereocenters. The molecule has 0 atom stereocenters. The van der Waals surface area contributed by atoms with E-state index in [1.54, 1.807) is 11.0 Å². The van der Waals surface area contributed by atoms with Gasteiger partial charge in [-0.3, -0.25) is 4.79 Å². The molecule has 0 aliphatic carbocycles. The van der Waals surface area contributed by atoms with Crippen LogP contribution in [0.3, 0.4) is 0 Å². The summed E-state index contributed by atoms with van der Waals surface area (Å²) in [7, 11) is 0. The van der Waals surface area contributed by atoms with E-state index in [1.165, 1.54) is 29.5 Å². The lowest BCUT2D eigenvalue weighted by Crippen LogP contribution is -2.35. The number of amides is 1. The van der Waals surface area contributed by atoms with Gasteiger partial charge in [0, 0.05) is 23.2 Å². The van der Waals surface area contributed by atoms with Gasteiger partial charge in [-0.15, -0.1) is 24.5 Å². The van der Waals surface area contributed by atoms with Gasteiger partial charge in [0.25, 0.3) is 5.91 Å². The first-order chi connectivity index (χ1) is 12.3. The lowest BCUT2D eigenvalue weighted by molar-refractivity contribution is -0.274. The quantitative estimate of drug-likeness (QED) is 0.712. The molecule has 6 nitrogen and oxygen atoms in total. The first-order valence-corrected chi connectivity index (χ1v) is 8.52. The number of anilines is 1. The van der Waals surface area contributed by atoms with Crippen LogP contribution >= 0.6 is 11.3 Å². The number of benzene rings is 1. The molecule has 3 aromatic rings. The van der Waals surface area contributed by atoms with Crippen LogP contribution in [0.5, 0.6) is 5.75 Å². The summed E-state index contributed by atoms with van der Waals surface area (Å²) >= 11 is 1.34. The van der Waals surface area contributed by atoms with Crippen molar-refractivity contribution in [1.29, 1.82) is 0 Å². The Morgan fingerprint density at radius 3 is 2.96 bits per heavy atom. The number of thiazole rings is 1. The standard InChI is InChI=1S/C16H13F3N4O2S/c17-16(18,19)25-11-3-1-2-8-6-10(21-13(8)11)14(24)23-5-4-9-12(7-23)26-15(20)22-9/h1-3,6,21H,4-5,7H2,(H2,20,22). The molecule has 0 saturated carbocycles. The second kappa shape index (κ2) is 5.90. The van der Waals surface area contributed by atoms with Crippen molar-refractivity contribution in [2.24, 2.45) is 0 Å². The number of alkyl halides is 3. The molecule has 3 heterocycles. The molecule has 1 aliphatic rings. The maximum absolute atomic E-state index is 12.8. The first-order valence-electron chi connectivity index (χ1n) is 7.71. The Morgan fingerprint density at radius 2 is 2.19 bits per heavy atom. The Hall–Kier alpha value is -2.75. The third kappa shape index (κ3) is 3.07. The number of nitrogens with two attached hydrogens (primary N) is 1. The Balaban J connectivity index is 1.63. The molecule has 1 aromatic carbocycles. The van der Waals surface area contributed by atoms with Crippen molar-refractivity contribution >= 4 is 33.3 Å². The molecule has 136 valence electrons. The fraction of sp³-hybridized carbons (Fsp3) is 0.250. The number of carbonyl (C=O) groups excluding carboxylic acids is 1. The number of hydrogen-bond acceptors (Lipinski definition) is 5. The maximum Gasteiger partial charge on any atom is 0.573 e. The number of para-hydroxylation sites is 1. The summed E-state index contributed by atoms with van der Waals surface area (Å²) in [6, 6.07) is 5.79. The van der Waals surface area contributed by atoms with Gasteiger partial charge in [-0.05, 0) is 12.1 Å². The van der Waals surface area contributed by atoms with Gasteiger partial charge in [0.05, 0.1) is 17.8 Å². The highest BCUT2D eigenvalue weighted by Crippen LogP contribution is 2.32. The molecule has 26 heavy (non-hydrogen) atoms. The number of aromatic nitrogens is 2. The SMILES string of the molecule is Nc1nc2c(s1)CN(C(=O)c1cc3cccc(OC(F)(F)F)c3[nH]1)CC2. The Kier molecular flexibility index (Phi) is 3.79. The van der Waals surface area contributed by atoms with Crippen LogP contribution in [0, 0.1) is 0 Å². The zero-order valence-electron chi connectivity index (χ0n) is 13.3. The smallest absolute Gasteiger partial charge is 0.404 e. The van der Waals surface area contributed by atoms with Crippen LogP contribution in [0.15, 0.2) is 24.3 Å². The number of rotatable bonds is 2. The van der Waals surface area contributed by atoms with Crippen molar-refractivity contribution in [2.45, 2.75) is 19.3 Å². The highest BCUT2D eigenvalue weighted by Gasteiger charge is 2.32. The largest absolute Gasteiger partial charge is 0.573 e. The van der Waals surface area contributed by atoms with Gasteiger partial charge in [-0.25, -0.2) is 4.98 Å². The summed E-state index contributed by atoms with van der Waals surface area (Å²) in [6.45, 7) is 0.848. The number of hydrogen-bond donors (Lipinski definition) is 2. The van der Waals surface area contributed by atoms with E-state index in [0.29, 0.717) is 30.0 Å². The van der Waals surface area contributed by atoms with Crippen molar-refractivity contribution in [3.05, 3.63) is 40.5 Å².